The number of aromatic nitrogens is 4. The number of thiazole rings is 1. The summed E-state index contributed by atoms with van der Waals surface area (Å²) >= 11 is 1.36. The lowest BCUT2D eigenvalue weighted by atomic mass is 10.2. The van der Waals surface area contributed by atoms with Crippen molar-refractivity contribution in [3.8, 4) is 11.4 Å². The average molecular weight is 391 g/mol. The van der Waals surface area contributed by atoms with Crippen molar-refractivity contribution in [3.63, 3.8) is 0 Å². The van der Waals surface area contributed by atoms with E-state index < -0.39 is 0 Å². The van der Waals surface area contributed by atoms with Crippen molar-refractivity contribution in [3.05, 3.63) is 70.2 Å². The summed E-state index contributed by atoms with van der Waals surface area (Å²) in [6.07, 6.45) is 3.11. The van der Waals surface area contributed by atoms with Gasteiger partial charge in [0, 0.05) is 24.4 Å². The number of hydrogen-bond acceptors (Lipinski definition) is 6. The highest BCUT2D eigenvalue weighted by Gasteiger charge is 2.09. The molecule has 0 aliphatic carbocycles. The third-order valence-corrected chi connectivity index (χ3v) is 4.91. The Morgan fingerprint density at radius 1 is 1.07 bits per heavy atom. The van der Waals surface area contributed by atoms with Crippen LogP contribution in [-0.2, 0) is 11.2 Å². The molecule has 0 aliphatic rings. The Hall–Kier alpha value is -3.39. The Bertz CT molecular complexity index is 1170. The maximum absolute atomic E-state index is 12.2. The largest absolute Gasteiger partial charge is 0.310 e. The highest BCUT2D eigenvalue weighted by molar-refractivity contribution is 7.14. The van der Waals surface area contributed by atoms with E-state index in [1.807, 2.05) is 35.7 Å². The van der Waals surface area contributed by atoms with Gasteiger partial charge >= 0.3 is 0 Å². The zero-order valence-electron chi connectivity index (χ0n) is 14.9. The molecule has 28 heavy (non-hydrogen) atoms. The summed E-state index contributed by atoms with van der Waals surface area (Å²) in [4.78, 5) is 40.1. The van der Waals surface area contributed by atoms with Gasteiger partial charge in [-0.05, 0) is 30.7 Å². The molecular weight excluding hydrogens is 374 g/mol. The van der Waals surface area contributed by atoms with Crippen molar-refractivity contribution in [1.29, 1.82) is 0 Å². The van der Waals surface area contributed by atoms with Crippen LogP contribution in [0.25, 0.3) is 22.3 Å². The summed E-state index contributed by atoms with van der Waals surface area (Å²) < 4.78 is 0. The third-order valence-electron chi connectivity index (χ3n) is 4.16. The van der Waals surface area contributed by atoms with E-state index in [-0.39, 0.29) is 11.5 Å². The summed E-state index contributed by atoms with van der Waals surface area (Å²) in [5, 5.41) is 5.78. The van der Waals surface area contributed by atoms with Gasteiger partial charge in [0.2, 0.25) is 5.91 Å². The zero-order chi connectivity index (χ0) is 19.3. The van der Waals surface area contributed by atoms with Crippen molar-refractivity contribution in [2.24, 2.45) is 0 Å². The van der Waals surface area contributed by atoms with Crippen LogP contribution in [-0.4, -0.2) is 25.8 Å². The number of para-hydroxylation sites is 1. The van der Waals surface area contributed by atoms with Gasteiger partial charge in [-0.25, -0.2) is 9.97 Å². The second-order valence-corrected chi connectivity index (χ2v) is 7.04. The van der Waals surface area contributed by atoms with Crippen LogP contribution in [0.15, 0.2) is 58.8 Å². The Balaban J connectivity index is 1.33. The van der Waals surface area contributed by atoms with Crippen LogP contribution in [0.3, 0.4) is 0 Å². The van der Waals surface area contributed by atoms with E-state index in [4.69, 9.17) is 0 Å². The first kappa shape index (κ1) is 18.0. The molecule has 0 fully saturated rings. The second kappa shape index (κ2) is 8.10. The monoisotopic (exact) mass is 391 g/mol. The SMILES string of the molecule is O=C(CCCc1nc2ccccc2c(=O)[nH]1)Nc1nc(-c2ccccn2)cs1. The molecule has 7 nitrogen and oxygen atoms in total. The number of H-pyrrole nitrogens is 1. The van der Waals surface area contributed by atoms with E-state index in [0.717, 1.165) is 11.4 Å². The maximum atomic E-state index is 12.2. The number of carbonyl (C=O) groups excluding carboxylic acids is 1. The molecule has 4 aromatic rings. The lowest BCUT2D eigenvalue weighted by molar-refractivity contribution is -0.116. The molecule has 3 heterocycles. The first-order chi connectivity index (χ1) is 13.7. The fraction of sp³-hybridized carbons (Fsp3) is 0.150. The van der Waals surface area contributed by atoms with Gasteiger partial charge in [-0.2, -0.15) is 0 Å². The lowest BCUT2D eigenvalue weighted by Gasteiger charge is -2.03. The van der Waals surface area contributed by atoms with Crippen LogP contribution in [0.4, 0.5) is 5.13 Å². The first-order valence-corrected chi connectivity index (χ1v) is 9.72. The number of pyridine rings is 1. The number of anilines is 1. The number of nitrogens with one attached hydrogen (secondary N) is 2. The van der Waals surface area contributed by atoms with E-state index in [1.54, 1.807) is 18.3 Å². The molecule has 0 radical (unpaired) electrons. The van der Waals surface area contributed by atoms with E-state index in [2.05, 4.69) is 25.3 Å². The standard InChI is InChI=1S/C20H17N5O2S/c26-18(25-20-23-16(12-28-20)15-8-3-4-11-21-15)10-5-9-17-22-14-7-2-1-6-13(14)19(27)24-17/h1-4,6-8,11-12H,5,9-10H2,(H,22,24,27)(H,23,25,26). The van der Waals surface area contributed by atoms with Crippen LogP contribution in [0.1, 0.15) is 18.7 Å². The zero-order valence-corrected chi connectivity index (χ0v) is 15.7. The minimum atomic E-state index is -0.158. The number of fused-ring (bicyclic) bond motifs is 1. The number of hydrogen-bond donors (Lipinski definition) is 2. The number of rotatable bonds is 6. The van der Waals surface area contributed by atoms with Crippen molar-refractivity contribution in [2.45, 2.75) is 19.3 Å². The van der Waals surface area contributed by atoms with Gasteiger partial charge in [0.25, 0.3) is 5.56 Å². The molecule has 8 heteroatoms. The Kier molecular flexibility index (Phi) is 5.20. The minimum Gasteiger partial charge on any atom is -0.310 e. The van der Waals surface area contributed by atoms with Crippen LogP contribution in [0, 0.1) is 0 Å². The molecule has 1 amide bonds. The van der Waals surface area contributed by atoms with Gasteiger partial charge in [0.15, 0.2) is 5.13 Å². The fourth-order valence-corrected chi connectivity index (χ4v) is 3.54. The number of aryl methyl sites for hydroxylation is 1. The van der Waals surface area contributed by atoms with E-state index in [0.29, 0.717) is 41.1 Å². The molecule has 0 bridgehead atoms. The summed E-state index contributed by atoms with van der Waals surface area (Å²) in [5.74, 6) is 0.466. The molecule has 140 valence electrons. The van der Waals surface area contributed by atoms with Gasteiger partial charge < -0.3 is 10.3 Å². The van der Waals surface area contributed by atoms with Crippen molar-refractivity contribution in [1.82, 2.24) is 19.9 Å². The quantitative estimate of drug-likeness (QED) is 0.525. The van der Waals surface area contributed by atoms with E-state index in [1.165, 1.54) is 11.3 Å². The van der Waals surface area contributed by atoms with Gasteiger partial charge in [-0.3, -0.25) is 14.6 Å². The van der Waals surface area contributed by atoms with Gasteiger partial charge in [0.05, 0.1) is 16.6 Å². The van der Waals surface area contributed by atoms with Crippen molar-refractivity contribution >= 4 is 33.3 Å². The second-order valence-electron chi connectivity index (χ2n) is 6.18. The van der Waals surface area contributed by atoms with Gasteiger partial charge in [-0.15, -0.1) is 11.3 Å². The topological polar surface area (TPSA) is 101 Å². The predicted octanol–water partition coefficient (Wildman–Crippen LogP) is 3.40. The number of benzene rings is 1. The summed E-state index contributed by atoms with van der Waals surface area (Å²) in [6, 6.07) is 12.8. The predicted molar refractivity (Wildman–Crippen MR) is 109 cm³/mol. The average Bonchev–Trinajstić information content (AvgIpc) is 3.17. The maximum Gasteiger partial charge on any atom is 0.258 e. The number of nitrogens with zero attached hydrogens (tertiary/aromatic N) is 3. The minimum absolute atomic E-state index is 0.120. The number of carbonyl (C=O) groups is 1. The van der Waals surface area contributed by atoms with Crippen LogP contribution in [0.5, 0.6) is 0 Å². The Labute approximate surface area is 164 Å². The van der Waals surface area contributed by atoms with Gasteiger partial charge in [0.1, 0.15) is 11.5 Å². The molecule has 3 aromatic heterocycles. The third kappa shape index (κ3) is 4.12. The molecule has 0 saturated carbocycles. The molecule has 2 N–H and O–H groups in total. The molecule has 0 unspecified atom stereocenters. The summed E-state index contributed by atoms with van der Waals surface area (Å²) in [7, 11) is 0. The molecule has 1 aromatic carbocycles. The van der Waals surface area contributed by atoms with E-state index >= 15 is 0 Å². The summed E-state index contributed by atoms with van der Waals surface area (Å²) in [5.41, 5.74) is 2.01. The highest BCUT2D eigenvalue weighted by Crippen LogP contribution is 2.23. The van der Waals surface area contributed by atoms with Crippen LogP contribution in [0.2, 0.25) is 0 Å². The molecular formula is C20H17N5O2S. The lowest BCUT2D eigenvalue weighted by Crippen LogP contribution is -2.14. The smallest absolute Gasteiger partial charge is 0.258 e. The molecule has 0 aliphatic heterocycles. The normalized spacial score (nSPS) is 10.9. The molecule has 0 atom stereocenters. The summed E-state index contributed by atoms with van der Waals surface area (Å²) in [6.45, 7) is 0. The van der Waals surface area contributed by atoms with Crippen molar-refractivity contribution < 1.29 is 4.79 Å². The molecule has 0 saturated heterocycles. The van der Waals surface area contributed by atoms with Crippen molar-refractivity contribution in [2.75, 3.05) is 5.32 Å². The van der Waals surface area contributed by atoms with Crippen LogP contribution >= 0.6 is 11.3 Å². The number of amides is 1. The number of aromatic amines is 1. The van der Waals surface area contributed by atoms with Crippen LogP contribution < -0.4 is 10.9 Å². The van der Waals surface area contributed by atoms with Gasteiger partial charge in [-0.1, -0.05) is 18.2 Å². The molecule has 4 rings (SSSR count). The molecule has 0 spiro atoms. The Morgan fingerprint density at radius 3 is 2.79 bits per heavy atom. The first-order valence-electron chi connectivity index (χ1n) is 8.84. The fourth-order valence-electron chi connectivity index (χ4n) is 2.81. The highest BCUT2D eigenvalue weighted by atomic mass is 32.1. The van der Waals surface area contributed by atoms with E-state index in [9.17, 15) is 9.59 Å². The Morgan fingerprint density at radius 2 is 1.93 bits per heavy atom.